The molecule has 10 heteroatoms. The van der Waals surface area contributed by atoms with Crippen LogP contribution < -0.4 is 20.2 Å². The average Bonchev–Trinajstić information content (AvgIpc) is 2.87. The highest BCUT2D eigenvalue weighted by atomic mass is 79.9. The van der Waals surface area contributed by atoms with Gasteiger partial charge in [-0.05, 0) is 81.5 Å². The van der Waals surface area contributed by atoms with E-state index in [-0.39, 0.29) is 11.8 Å². The lowest BCUT2D eigenvalue weighted by atomic mass is 10.0. The van der Waals surface area contributed by atoms with Crippen LogP contribution in [-0.4, -0.2) is 31.2 Å². The second-order valence-electron chi connectivity index (χ2n) is 8.39. The maximum Gasteiger partial charge on any atom is 0.262 e. The Morgan fingerprint density at radius 1 is 1.05 bits per heavy atom. The number of ether oxygens (including phenoxy) is 2. The van der Waals surface area contributed by atoms with Gasteiger partial charge in [0.2, 0.25) is 0 Å². The third-order valence-electron chi connectivity index (χ3n) is 5.28. The third-order valence-corrected chi connectivity index (χ3v) is 6.65. The Morgan fingerprint density at radius 2 is 1.73 bits per heavy atom. The summed E-state index contributed by atoms with van der Waals surface area (Å²) in [6.07, 6.45) is 1.49. The highest BCUT2D eigenvalue weighted by molar-refractivity contribution is 9.10. The fourth-order valence-corrected chi connectivity index (χ4v) is 4.26. The first-order chi connectivity index (χ1) is 17.7. The largest absolute Gasteiger partial charge is 0.493 e. The second kappa shape index (κ2) is 13.6. The summed E-state index contributed by atoms with van der Waals surface area (Å²) < 4.78 is 13.1. The highest BCUT2D eigenvalue weighted by Gasteiger charge is 2.24. The number of hydrogen-bond acceptors (Lipinski definition) is 5. The molecule has 0 fully saturated rings. The first-order valence-electron chi connectivity index (χ1n) is 11.3. The Morgan fingerprint density at radius 3 is 2.35 bits per heavy atom. The van der Waals surface area contributed by atoms with Gasteiger partial charge in [-0.3, -0.25) is 9.59 Å². The van der Waals surface area contributed by atoms with Gasteiger partial charge in [0.05, 0.1) is 17.8 Å². The summed E-state index contributed by atoms with van der Waals surface area (Å²) in [7, 11) is 1.55. The highest BCUT2D eigenvalue weighted by Crippen LogP contribution is 2.37. The maximum absolute atomic E-state index is 12.8. The van der Waals surface area contributed by atoms with Crippen LogP contribution in [0.2, 0.25) is 5.02 Å². The lowest BCUT2D eigenvalue weighted by Gasteiger charge is -2.20. The maximum atomic E-state index is 12.8. The van der Waals surface area contributed by atoms with E-state index in [2.05, 4.69) is 47.7 Å². The fraction of sp³-hybridized carbons (Fsp3) is 0.222. The van der Waals surface area contributed by atoms with E-state index in [1.165, 1.54) is 6.21 Å². The quantitative estimate of drug-likeness (QED) is 0.197. The molecule has 0 heterocycles. The van der Waals surface area contributed by atoms with Crippen LogP contribution >= 0.6 is 43.5 Å². The minimum Gasteiger partial charge on any atom is -0.493 e. The van der Waals surface area contributed by atoms with Crippen LogP contribution in [0.25, 0.3) is 0 Å². The van der Waals surface area contributed by atoms with Crippen LogP contribution in [0, 0.1) is 5.92 Å². The molecule has 3 rings (SSSR count). The molecule has 3 aromatic rings. The molecule has 1 atom stereocenters. The van der Waals surface area contributed by atoms with Gasteiger partial charge >= 0.3 is 0 Å². The molecule has 0 saturated carbocycles. The number of carbonyl (C=O) groups is 2. The number of nitrogens with one attached hydrogen (secondary N) is 2. The number of hydrazone groups is 1. The van der Waals surface area contributed by atoms with E-state index in [9.17, 15) is 9.59 Å². The minimum atomic E-state index is -0.781. The molecule has 0 aliphatic rings. The molecule has 3 aromatic carbocycles. The number of hydrogen-bond donors (Lipinski definition) is 2. The van der Waals surface area contributed by atoms with Gasteiger partial charge in [-0.25, -0.2) is 5.43 Å². The predicted molar refractivity (Wildman–Crippen MR) is 152 cm³/mol. The monoisotopic (exact) mass is 649 g/mol. The molecule has 0 spiro atoms. The Bertz CT molecular complexity index is 1270. The van der Waals surface area contributed by atoms with Crippen LogP contribution in [0.15, 0.2) is 74.7 Å². The van der Waals surface area contributed by atoms with Gasteiger partial charge in [0.25, 0.3) is 11.8 Å². The van der Waals surface area contributed by atoms with Gasteiger partial charge in [-0.1, -0.05) is 53.5 Å². The Labute approximate surface area is 237 Å². The van der Waals surface area contributed by atoms with Crippen molar-refractivity contribution in [1.29, 1.82) is 0 Å². The number of halogens is 3. The summed E-state index contributed by atoms with van der Waals surface area (Å²) >= 11 is 12.8. The summed E-state index contributed by atoms with van der Waals surface area (Å²) in [6, 6.07) is 17.0. The molecular weight excluding hydrogens is 626 g/mol. The molecule has 37 heavy (non-hydrogen) atoms. The molecule has 0 saturated heterocycles. The fourth-order valence-electron chi connectivity index (χ4n) is 3.29. The van der Waals surface area contributed by atoms with Crippen molar-refractivity contribution in [2.45, 2.75) is 26.5 Å². The molecule has 0 aromatic heterocycles. The van der Waals surface area contributed by atoms with Crippen LogP contribution in [0.5, 0.6) is 11.5 Å². The van der Waals surface area contributed by atoms with Crippen molar-refractivity contribution in [3.05, 3.63) is 91.3 Å². The zero-order chi connectivity index (χ0) is 26.9. The molecule has 0 bridgehead atoms. The molecule has 194 valence electrons. The number of benzene rings is 3. The Balaban J connectivity index is 1.65. The van der Waals surface area contributed by atoms with E-state index in [0.29, 0.717) is 38.7 Å². The van der Waals surface area contributed by atoms with Crippen molar-refractivity contribution in [3.8, 4) is 11.5 Å². The first kappa shape index (κ1) is 28.7. The van der Waals surface area contributed by atoms with E-state index in [4.69, 9.17) is 21.1 Å². The smallest absolute Gasteiger partial charge is 0.262 e. The summed E-state index contributed by atoms with van der Waals surface area (Å²) in [6.45, 7) is 4.04. The zero-order valence-electron chi connectivity index (χ0n) is 20.4. The van der Waals surface area contributed by atoms with Crippen LogP contribution in [0.4, 0.5) is 0 Å². The minimum absolute atomic E-state index is 0.164. The van der Waals surface area contributed by atoms with Crippen molar-refractivity contribution >= 4 is 61.5 Å². The van der Waals surface area contributed by atoms with Gasteiger partial charge in [-0.2, -0.15) is 5.10 Å². The molecule has 0 radical (unpaired) electrons. The SMILES string of the molecule is COc1cc(C=NNC(=O)C(NC(=O)c2ccc(Cl)cc2)C(C)C)cc(Br)c1OCc1ccc(Br)cc1. The number of nitrogens with zero attached hydrogens (tertiary/aromatic N) is 1. The number of methoxy groups -OCH3 is 1. The molecule has 0 aliphatic carbocycles. The normalized spacial score (nSPS) is 11.9. The first-order valence-corrected chi connectivity index (χ1v) is 13.3. The number of amides is 2. The molecule has 2 N–H and O–H groups in total. The van der Waals surface area contributed by atoms with E-state index in [1.54, 1.807) is 43.5 Å². The van der Waals surface area contributed by atoms with Crippen molar-refractivity contribution in [3.63, 3.8) is 0 Å². The van der Waals surface area contributed by atoms with E-state index in [1.807, 2.05) is 38.1 Å². The third kappa shape index (κ3) is 8.31. The van der Waals surface area contributed by atoms with Gasteiger partial charge in [0, 0.05) is 15.1 Å². The summed E-state index contributed by atoms with van der Waals surface area (Å²) in [4.78, 5) is 25.3. The van der Waals surface area contributed by atoms with Gasteiger partial charge < -0.3 is 14.8 Å². The van der Waals surface area contributed by atoms with E-state index in [0.717, 1.165) is 10.0 Å². The van der Waals surface area contributed by atoms with Crippen molar-refractivity contribution in [2.75, 3.05) is 7.11 Å². The molecule has 0 aliphatic heterocycles. The Hall–Kier alpha value is -2.88. The summed E-state index contributed by atoms with van der Waals surface area (Å²) in [5.41, 5.74) is 4.59. The summed E-state index contributed by atoms with van der Waals surface area (Å²) in [5, 5.41) is 7.35. The van der Waals surface area contributed by atoms with Crippen molar-refractivity contribution < 1.29 is 19.1 Å². The number of rotatable bonds is 10. The van der Waals surface area contributed by atoms with Crippen molar-refractivity contribution in [2.24, 2.45) is 11.0 Å². The van der Waals surface area contributed by atoms with E-state index < -0.39 is 11.9 Å². The Kier molecular flexibility index (Phi) is 10.5. The molecular formula is C27H26Br2ClN3O4. The van der Waals surface area contributed by atoms with Gasteiger partial charge in [-0.15, -0.1) is 0 Å². The lowest BCUT2D eigenvalue weighted by Crippen LogP contribution is -2.48. The zero-order valence-corrected chi connectivity index (χ0v) is 24.4. The van der Waals surface area contributed by atoms with Gasteiger partial charge in [0.1, 0.15) is 12.6 Å². The standard InChI is InChI=1S/C27H26Br2ClN3O4/c1-16(2)24(32-26(34)19-6-10-21(30)11-7-19)27(35)33-31-14-18-12-22(29)25(23(13-18)36-3)37-15-17-4-8-20(28)9-5-17/h4-14,16,24H,15H2,1-3H3,(H,32,34)(H,33,35). The molecule has 1 unspecified atom stereocenters. The number of carbonyl (C=O) groups excluding carboxylic acids is 2. The molecule has 7 nitrogen and oxygen atoms in total. The van der Waals surface area contributed by atoms with Gasteiger partial charge in [0.15, 0.2) is 11.5 Å². The second-order valence-corrected chi connectivity index (χ2v) is 10.6. The van der Waals surface area contributed by atoms with E-state index >= 15 is 0 Å². The molecule has 2 amide bonds. The van der Waals surface area contributed by atoms with Crippen LogP contribution in [0.1, 0.15) is 35.3 Å². The van der Waals surface area contributed by atoms with Crippen molar-refractivity contribution in [1.82, 2.24) is 10.7 Å². The summed E-state index contributed by atoms with van der Waals surface area (Å²) in [5.74, 6) is 0.0877. The van der Waals surface area contributed by atoms with Crippen LogP contribution in [0.3, 0.4) is 0 Å². The predicted octanol–water partition coefficient (Wildman–Crippen LogP) is 6.36. The van der Waals surface area contributed by atoms with Crippen LogP contribution in [-0.2, 0) is 11.4 Å². The topological polar surface area (TPSA) is 89.0 Å². The average molecular weight is 652 g/mol. The lowest BCUT2D eigenvalue weighted by molar-refractivity contribution is -0.123.